The lowest BCUT2D eigenvalue weighted by Crippen LogP contribution is -2.44. The van der Waals surface area contributed by atoms with Gasteiger partial charge in [-0.05, 0) is 73.7 Å². The summed E-state index contributed by atoms with van der Waals surface area (Å²) in [6.45, 7) is 3.52. The average molecular weight is 540 g/mol. The van der Waals surface area contributed by atoms with Gasteiger partial charge in [0.25, 0.3) is 0 Å². The number of rotatable bonds is 13. The SMILES string of the molecule is COc1ccc2[nH]c(C)c(CC(=O)N[C@@H](CCCCCC(C)=O)C(=O)Nc3ccc(-c4ccccc4)cc3)c2c1. The van der Waals surface area contributed by atoms with Crippen LogP contribution >= 0.6 is 0 Å². The third-order valence-corrected chi connectivity index (χ3v) is 7.10. The van der Waals surface area contributed by atoms with Crippen molar-refractivity contribution in [1.29, 1.82) is 0 Å². The molecule has 4 aromatic rings. The quantitative estimate of drug-likeness (QED) is 0.172. The maximum absolute atomic E-state index is 13.3. The molecule has 0 saturated heterocycles. The van der Waals surface area contributed by atoms with Crippen LogP contribution in [0.3, 0.4) is 0 Å². The lowest BCUT2D eigenvalue weighted by atomic mass is 10.0. The Morgan fingerprint density at radius 2 is 1.62 bits per heavy atom. The Bertz CT molecular complexity index is 1460. The van der Waals surface area contributed by atoms with Gasteiger partial charge in [-0.15, -0.1) is 0 Å². The standard InChI is InChI=1S/C33H37N3O4/c1-22(37)10-6-4-9-13-31(33(39)35-26-16-14-25(15-17-26)24-11-7-5-8-12-24)36-32(38)21-28-23(2)34-30-19-18-27(40-3)20-29(28)30/h5,7-8,11-12,14-20,31,34H,4,6,9-10,13,21H2,1-3H3,(H,35,39)(H,36,38)/t31-/m0/s1. The van der Waals surface area contributed by atoms with Crippen LogP contribution in [0.2, 0.25) is 0 Å². The number of carbonyl (C=O) groups is 3. The summed E-state index contributed by atoms with van der Waals surface area (Å²) < 4.78 is 5.37. The van der Waals surface area contributed by atoms with E-state index in [1.54, 1.807) is 14.0 Å². The van der Waals surface area contributed by atoms with Crippen LogP contribution < -0.4 is 15.4 Å². The number of carbonyl (C=O) groups excluding carboxylic acids is 3. The molecule has 1 heterocycles. The molecule has 208 valence electrons. The highest BCUT2D eigenvalue weighted by Gasteiger charge is 2.22. The second kappa shape index (κ2) is 13.6. The number of hydrogen-bond acceptors (Lipinski definition) is 4. The summed E-state index contributed by atoms with van der Waals surface area (Å²) in [4.78, 5) is 41.2. The molecular weight excluding hydrogens is 502 g/mol. The molecule has 7 nitrogen and oxygen atoms in total. The van der Waals surface area contributed by atoms with Crippen LogP contribution in [0.5, 0.6) is 5.75 Å². The van der Waals surface area contributed by atoms with E-state index in [9.17, 15) is 14.4 Å². The zero-order chi connectivity index (χ0) is 28.5. The minimum atomic E-state index is -0.696. The van der Waals surface area contributed by atoms with Crippen molar-refractivity contribution in [2.24, 2.45) is 0 Å². The molecular formula is C33H37N3O4. The van der Waals surface area contributed by atoms with E-state index in [4.69, 9.17) is 4.74 Å². The molecule has 0 spiro atoms. The van der Waals surface area contributed by atoms with Crippen LogP contribution in [0.1, 0.15) is 50.3 Å². The number of methoxy groups -OCH3 is 1. The van der Waals surface area contributed by atoms with Gasteiger partial charge in [-0.25, -0.2) is 0 Å². The predicted octanol–water partition coefficient (Wildman–Crippen LogP) is 6.36. The number of anilines is 1. The van der Waals surface area contributed by atoms with Crippen LogP contribution in [-0.2, 0) is 20.8 Å². The Morgan fingerprint density at radius 1 is 0.900 bits per heavy atom. The maximum atomic E-state index is 13.3. The number of Topliss-reactive ketones (excluding diaryl/α,β-unsaturated/α-hetero) is 1. The molecule has 2 amide bonds. The van der Waals surface area contributed by atoms with Crippen LogP contribution in [0.15, 0.2) is 72.8 Å². The number of aryl methyl sites for hydroxylation is 1. The second-order valence-corrected chi connectivity index (χ2v) is 10.2. The number of ketones is 1. The van der Waals surface area contributed by atoms with E-state index in [0.717, 1.165) is 52.5 Å². The summed E-state index contributed by atoms with van der Waals surface area (Å²) in [5.41, 5.74) is 5.53. The summed E-state index contributed by atoms with van der Waals surface area (Å²) >= 11 is 0. The van der Waals surface area contributed by atoms with Gasteiger partial charge in [-0.2, -0.15) is 0 Å². The van der Waals surface area contributed by atoms with Gasteiger partial charge in [0.15, 0.2) is 0 Å². The van der Waals surface area contributed by atoms with Crippen molar-refractivity contribution in [3.8, 4) is 16.9 Å². The molecule has 0 aliphatic heterocycles. The van der Waals surface area contributed by atoms with Gasteiger partial charge in [0.2, 0.25) is 11.8 Å². The largest absolute Gasteiger partial charge is 0.497 e. The van der Waals surface area contributed by atoms with Crippen LogP contribution in [-0.4, -0.2) is 35.7 Å². The van der Waals surface area contributed by atoms with E-state index in [2.05, 4.69) is 15.6 Å². The number of H-pyrrole nitrogens is 1. The average Bonchev–Trinajstić information content (AvgIpc) is 3.26. The smallest absolute Gasteiger partial charge is 0.246 e. The molecule has 0 fully saturated rings. The first kappa shape index (κ1) is 28.6. The fraction of sp³-hybridized carbons (Fsp3) is 0.303. The molecule has 0 aliphatic rings. The van der Waals surface area contributed by atoms with Crippen molar-refractivity contribution in [2.45, 2.75) is 58.4 Å². The van der Waals surface area contributed by atoms with E-state index in [1.165, 1.54) is 0 Å². The Kier molecular flexibility index (Phi) is 9.73. The molecule has 0 unspecified atom stereocenters. The first-order valence-corrected chi connectivity index (χ1v) is 13.7. The van der Waals surface area contributed by atoms with E-state index in [-0.39, 0.29) is 24.0 Å². The highest BCUT2D eigenvalue weighted by Crippen LogP contribution is 2.27. The third-order valence-electron chi connectivity index (χ3n) is 7.10. The predicted molar refractivity (Wildman–Crippen MR) is 159 cm³/mol. The first-order valence-electron chi connectivity index (χ1n) is 13.7. The minimum Gasteiger partial charge on any atom is -0.497 e. The Hall–Kier alpha value is -4.39. The van der Waals surface area contributed by atoms with Gasteiger partial charge < -0.3 is 25.1 Å². The molecule has 7 heteroatoms. The Morgan fingerprint density at radius 3 is 2.33 bits per heavy atom. The number of amides is 2. The summed E-state index contributed by atoms with van der Waals surface area (Å²) in [7, 11) is 1.61. The number of hydrogen-bond donors (Lipinski definition) is 3. The summed E-state index contributed by atoms with van der Waals surface area (Å²) in [5, 5.41) is 6.87. The van der Waals surface area contributed by atoms with Crippen molar-refractivity contribution in [2.75, 3.05) is 12.4 Å². The number of ether oxygens (including phenoxy) is 1. The summed E-state index contributed by atoms with van der Waals surface area (Å²) in [6, 6.07) is 22.7. The molecule has 0 saturated carbocycles. The third kappa shape index (κ3) is 7.59. The fourth-order valence-corrected chi connectivity index (χ4v) is 4.90. The molecule has 3 aromatic carbocycles. The molecule has 4 rings (SSSR count). The summed E-state index contributed by atoms with van der Waals surface area (Å²) in [6.07, 6.45) is 3.46. The highest BCUT2D eigenvalue weighted by atomic mass is 16.5. The van der Waals surface area contributed by atoms with E-state index in [0.29, 0.717) is 24.3 Å². The second-order valence-electron chi connectivity index (χ2n) is 10.2. The minimum absolute atomic E-state index is 0.138. The fourth-order valence-electron chi connectivity index (χ4n) is 4.90. The zero-order valence-electron chi connectivity index (χ0n) is 23.4. The number of aromatic nitrogens is 1. The van der Waals surface area contributed by atoms with Gasteiger partial charge >= 0.3 is 0 Å². The van der Waals surface area contributed by atoms with Gasteiger partial charge in [0, 0.05) is 28.7 Å². The maximum Gasteiger partial charge on any atom is 0.246 e. The van der Waals surface area contributed by atoms with Gasteiger partial charge in [0.05, 0.1) is 13.5 Å². The lowest BCUT2D eigenvalue weighted by molar-refractivity contribution is -0.126. The van der Waals surface area contributed by atoms with Gasteiger partial charge in [0.1, 0.15) is 17.6 Å². The number of unbranched alkanes of at least 4 members (excludes halogenated alkanes) is 2. The summed E-state index contributed by atoms with van der Waals surface area (Å²) in [5.74, 6) is 0.390. The van der Waals surface area contributed by atoms with Crippen LogP contribution in [0.25, 0.3) is 22.0 Å². The lowest BCUT2D eigenvalue weighted by Gasteiger charge is -2.19. The Balaban J connectivity index is 1.45. The van der Waals surface area contributed by atoms with E-state index >= 15 is 0 Å². The molecule has 0 radical (unpaired) electrons. The zero-order valence-corrected chi connectivity index (χ0v) is 23.4. The van der Waals surface area contributed by atoms with Crippen molar-refractivity contribution in [3.05, 3.63) is 84.1 Å². The Labute approximate surface area is 235 Å². The molecule has 3 N–H and O–H groups in total. The van der Waals surface area contributed by atoms with Crippen LogP contribution in [0, 0.1) is 6.92 Å². The van der Waals surface area contributed by atoms with Crippen molar-refractivity contribution in [3.63, 3.8) is 0 Å². The molecule has 1 aromatic heterocycles. The van der Waals surface area contributed by atoms with Crippen molar-refractivity contribution >= 4 is 34.2 Å². The molecule has 0 aliphatic carbocycles. The monoisotopic (exact) mass is 539 g/mol. The number of fused-ring (bicyclic) bond motifs is 1. The topological polar surface area (TPSA) is 100 Å². The van der Waals surface area contributed by atoms with Crippen molar-refractivity contribution < 1.29 is 19.1 Å². The van der Waals surface area contributed by atoms with E-state index < -0.39 is 6.04 Å². The molecule has 40 heavy (non-hydrogen) atoms. The molecule has 1 atom stereocenters. The number of nitrogens with one attached hydrogen (secondary N) is 3. The van der Waals surface area contributed by atoms with Crippen LogP contribution in [0.4, 0.5) is 5.69 Å². The number of benzene rings is 3. The normalized spacial score (nSPS) is 11.7. The first-order chi connectivity index (χ1) is 19.3. The van der Waals surface area contributed by atoms with E-state index in [1.807, 2.05) is 79.7 Å². The van der Waals surface area contributed by atoms with Gasteiger partial charge in [-0.1, -0.05) is 55.3 Å². The van der Waals surface area contributed by atoms with Gasteiger partial charge in [-0.3, -0.25) is 9.59 Å². The highest BCUT2D eigenvalue weighted by molar-refractivity contribution is 5.98. The van der Waals surface area contributed by atoms with Crippen molar-refractivity contribution in [1.82, 2.24) is 10.3 Å². The number of aromatic amines is 1. The molecule has 0 bridgehead atoms.